The van der Waals surface area contributed by atoms with Gasteiger partial charge in [0, 0.05) is 0 Å². The Morgan fingerprint density at radius 1 is 0.929 bits per heavy atom. The third-order valence-electron chi connectivity index (χ3n) is 4.25. The number of benzene rings is 1. The molecule has 0 spiro atoms. The Morgan fingerprint density at radius 3 is 2.04 bits per heavy atom. The van der Waals surface area contributed by atoms with E-state index in [0.717, 1.165) is 25.7 Å². The molecule has 4 heteroatoms. The molecule has 0 bridgehead atoms. The minimum atomic E-state index is -0.398. The number of hydrogen-bond acceptors (Lipinski definition) is 4. The van der Waals surface area contributed by atoms with Crippen LogP contribution in [0.25, 0.3) is 0 Å². The molecule has 154 valence electrons. The van der Waals surface area contributed by atoms with E-state index >= 15 is 0 Å². The van der Waals surface area contributed by atoms with E-state index in [9.17, 15) is 9.59 Å². The van der Waals surface area contributed by atoms with Crippen LogP contribution in [-0.4, -0.2) is 25.2 Å². The number of esters is 2. The molecule has 28 heavy (non-hydrogen) atoms. The number of allylic oxidation sites excluding steroid dienone is 3. The third-order valence-corrected chi connectivity index (χ3v) is 4.25. The molecule has 1 rings (SSSR count). The minimum absolute atomic E-state index is 0.249. The van der Waals surface area contributed by atoms with Crippen molar-refractivity contribution in [3.05, 3.63) is 58.7 Å². The van der Waals surface area contributed by atoms with Crippen LogP contribution in [0.2, 0.25) is 0 Å². The van der Waals surface area contributed by atoms with Gasteiger partial charge in [0.25, 0.3) is 0 Å². The van der Waals surface area contributed by atoms with Crippen molar-refractivity contribution < 1.29 is 19.1 Å². The zero-order chi connectivity index (χ0) is 20.9. The molecule has 0 aliphatic rings. The van der Waals surface area contributed by atoms with E-state index in [1.165, 1.54) is 11.1 Å². The molecule has 1 aromatic carbocycles. The highest BCUT2D eigenvalue weighted by Gasteiger charge is 2.10. The molecule has 0 aliphatic carbocycles. The van der Waals surface area contributed by atoms with Gasteiger partial charge in [0.05, 0.1) is 17.7 Å². The second kappa shape index (κ2) is 12.9. The van der Waals surface area contributed by atoms with Crippen molar-refractivity contribution in [2.45, 2.75) is 60.3 Å². The minimum Gasteiger partial charge on any atom is -0.462 e. The van der Waals surface area contributed by atoms with Crippen molar-refractivity contribution >= 4 is 11.9 Å². The smallest absolute Gasteiger partial charge is 0.338 e. The number of ether oxygens (including phenoxy) is 2. The summed E-state index contributed by atoms with van der Waals surface area (Å²) in [4.78, 5) is 24.1. The van der Waals surface area contributed by atoms with Gasteiger partial charge in [-0.3, -0.25) is 0 Å². The summed E-state index contributed by atoms with van der Waals surface area (Å²) in [5.74, 6) is -0.163. The van der Waals surface area contributed by atoms with Gasteiger partial charge in [-0.1, -0.05) is 31.1 Å². The highest BCUT2D eigenvalue weighted by atomic mass is 16.5. The normalized spacial score (nSPS) is 11.3. The highest BCUT2D eigenvalue weighted by Crippen LogP contribution is 2.10. The SMILES string of the molecule is CC(C)=CCC/C(C)=C/COC(=O)c1ccc(C(=O)OCCCC(C)C)cc1. The van der Waals surface area contributed by atoms with E-state index in [1.54, 1.807) is 24.3 Å². The van der Waals surface area contributed by atoms with Gasteiger partial charge in [-0.2, -0.15) is 0 Å². The molecule has 0 fully saturated rings. The predicted octanol–water partition coefficient (Wildman–Crippen LogP) is 6.13. The zero-order valence-electron chi connectivity index (χ0n) is 17.9. The van der Waals surface area contributed by atoms with Crippen LogP contribution in [-0.2, 0) is 9.47 Å². The van der Waals surface area contributed by atoms with Crippen LogP contribution >= 0.6 is 0 Å². The lowest BCUT2D eigenvalue weighted by Crippen LogP contribution is -2.09. The standard InChI is InChI=1S/C24H34O4/c1-18(2)8-6-10-20(5)15-17-28-24(26)22-13-11-21(12-14-22)23(25)27-16-7-9-19(3)4/h8,11-15,19H,6-7,9-10,16-17H2,1-5H3/b20-15+. The molecule has 0 aromatic heterocycles. The summed E-state index contributed by atoms with van der Waals surface area (Å²) in [6.07, 6.45) is 7.96. The molecule has 0 unspecified atom stereocenters. The molecule has 4 nitrogen and oxygen atoms in total. The maximum Gasteiger partial charge on any atom is 0.338 e. The Balaban J connectivity index is 2.42. The third kappa shape index (κ3) is 10.1. The van der Waals surface area contributed by atoms with Gasteiger partial charge < -0.3 is 9.47 Å². The maximum atomic E-state index is 12.1. The van der Waals surface area contributed by atoms with Crippen LogP contribution in [0.1, 0.15) is 81.0 Å². The highest BCUT2D eigenvalue weighted by molar-refractivity contribution is 5.93. The summed E-state index contributed by atoms with van der Waals surface area (Å²) < 4.78 is 10.5. The fourth-order valence-corrected chi connectivity index (χ4v) is 2.52. The summed E-state index contributed by atoms with van der Waals surface area (Å²) in [7, 11) is 0. The summed E-state index contributed by atoms with van der Waals surface area (Å²) >= 11 is 0. The number of carbonyl (C=O) groups is 2. The molecular formula is C24H34O4. The Kier molecular flexibility index (Phi) is 10.9. The molecule has 0 saturated carbocycles. The molecule has 0 heterocycles. The summed E-state index contributed by atoms with van der Waals surface area (Å²) in [6.45, 7) is 11.1. The lowest BCUT2D eigenvalue weighted by Gasteiger charge is -2.07. The van der Waals surface area contributed by atoms with Crippen LogP contribution in [0.4, 0.5) is 0 Å². The van der Waals surface area contributed by atoms with Crippen LogP contribution in [0.3, 0.4) is 0 Å². The van der Waals surface area contributed by atoms with E-state index < -0.39 is 5.97 Å². The molecule has 1 aromatic rings. The van der Waals surface area contributed by atoms with E-state index in [0.29, 0.717) is 23.7 Å². The Hall–Kier alpha value is -2.36. The first-order chi connectivity index (χ1) is 13.3. The largest absolute Gasteiger partial charge is 0.462 e. The number of rotatable bonds is 11. The van der Waals surface area contributed by atoms with Crippen molar-refractivity contribution in [2.75, 3.05) is 13.2 Å². The van der Waals surface area contributed by atoms with Gasteiger partial charge in [0.15, 0.2) is 0 Å². The molecule has 0 N–H and O–H groups in total. The van der Waals surface area contributed by atoms with E-state index in [2.05, 4.69) is 33.8 Å². The van der Waals surface area contributed by atoms with Gasteiger partial charge in [-0.05, 0) is 82.7 Å². The van der Waals surface area contributed by atoms with Crippen molar-refractivity contribution in [1.29, 1.82) is 0 Å². The van der Waals surface area contributed by atoms with Gasteiger partial charge in [-0.25, -0.2) is 9.59 Å². The summed E-state index contributed by atoms with van der Waals surface area (Å²) in [6, 6.07) is 6.39. The van der Waals surface area contributed by atoms with Crippen LogP contribution in [0.15, 0.2) is 47.6 Å². The molecule has 0 radical (unpaired) electrons. The monoisotopic (exact) mass is 386 g/mol. The van der Waals surface area contributed by atoms with Gasteiger partial charge in [-0.15, -0.1) is 0 Å². The molecule has 0 amide bonds. The Labute approximate surface area is 169 Å². The van der Waals surface area contributed by atoms with E-state index in [4.69, 9.17) is 9.47 Å². The average molecular weight is 387 g/mol. The quantitative estimate of drug-likeness (QED) is 0.261. The maximum absolute atomic E-state index is 12.1. The van der Waals surface area contributed by atoms with Gasteiger partial charge in [0.2, 0.25) is 0 Å². The first-order valence-electron chi connectivity index (χ1n) is 10.0. The van der Waals surface area contributed by atoms with Crippen molar-refractivity contribution in [2.24, 2.45) is 5.92 Å². The number of hydrogen-bond donors (Lipinski definition) is 0. The lowest BCUT2D eigenvalue weighted by atomic mass is 10.1. The average Bonchev–Trinajstić information content (AvgIpc) is 2.64. The van der Waals surface area contributed by atoms with Crippen LogP contribution in [0.5, 0.6) is 0 Å². The van der Waals surface area contributed by atoms with E-state index in [-0.39, 0.29) is 12.6 Å². The predicted molar refractivity (Wildman–Crippen MR) is 114 cm³/mol. The van der Waals surface area contributed by atoms with Gasteiger partial charge >= 0.3 is 11.9 Å². The summed E-state index contributed by atoms with van der Waals surface area (Å²) in [5, 5.41) is 0. The molecule has 0 atom stereocenters. The first kappa shape index (κ1) is 23.7. The zero-order valence-corrected chi connectivity index (χ0v) is 17.9. The Bertz CT molecular complexity index is 677. The topological polar surface area (TPSA) is 52.6 Å². The summed E-state index contributed by atoms with van der Waals surface area (Å²) in [5.41, 5.74) is 3.37. The first-order valence-corrected chi connectivity index (χ1v) is 10.0. The molecule has 0 aliphatic heterocycles. The second-order valence-electron chi connectivity index (χ2n) is 7.72. The van der Waals surface area contributed by atoms with Crippen molar-refractivity contribution in [3.63, 3.8) is 0 Å². The second-order valence-corrected chi connectivity index (χ2v) is 7.72. The van der Waals surface area contributed by atoms with Crippen LogP contribution in [0, 0.1) is 5.92 Å². The molecule has 0 saturated heterocycles. The van der Waals surface area contributed by atoms with Gasteiger partial charge in [0.1, 0.15) is 6.61 Å². The fourth-order valence-electron chi connectivity index (χ4n) is 2.52. The lowest BCUT2D eigenvalue weighted by molar-refractivity contribution is 0.0491. The number of carbonyl (C=O) groups excluding carboxylic acids is 2. The van der Waals surface area contributed by atoms with Crippen molar-refractivity contribution in [1.82, 2.24) is 0 Å². The van der Waals surface area contributed by atoms with Crippen molar-refractivity contribution in [3.8, 4) is 0 Å². The van der Waals surface area contributed by atoms with Crippen LogP contribution < -0.4 is 0 Å². The fraction of sp³-hybridized carbons (Fsp3) is 0.500. The Morgan fingerprint density at radius 2 is 1.50 bits per heavy atom. The van der Waals surface area contributed by atoms with E-state index in [1.807, 2.05) is 13.0 Å². The molecular weight excluding hydrogens is 352 g/mol.